The lowest BCUT2D eigenvalue weighted by Gasteiger charge is -2.23. The van der Waals surface area contributed by atoms with Gasteiger partial charge >= 0.3 is 0 Å². The minimum atomic E-state index is -0.238. The van der Waals surface area contributed by atoms with E-state index in [-0.39, 0.29) is 17.7 Å². The molecule has 0 aromatic heterocycles. The van der Waals surface area contributed by atoms with Crippen LogP contribution in [0.1, 0.15) is 28.8 Å². The lowest BCUT2D eigenvalue weighted by molar-refractivity contribution is 0.0623. The minimum Gasteiger partial charge on any atom is -0.507 e. The number of phenols is 1. The molecular weight excluding hydrogens is 218 g/mol. The molecule has 1 atom stereocenters. The molecule has 1 unspecified atom stereocenters. The molecule has 1 fully saturated rings. The largest absolute Gasteiger partial charge is 0.507 e. The molecule has 2 N–H and O–H groups in total. The first-order valence-corrected chi connectivity index (χ1v) is 5.85. The Balaban J connectivity index is 2.03. The number of carbonyl (C=O) groups is 1. The second kappa shape index (κ2) is 5.19. The molecular formula is C13H17NO3. The molecule has 1 aromatic carbocycles. The van der Waals surface area contributed by atoms with Gasteiger partial charge in [0.05, 0.1) is 18.2 Å². The van der Waals surface area contributed by atoms with Crippen LogP contribution in [0.3, 0.4) is 0 Å². The second-order valence-corrected chi connectivity index (χ2v) is 4.41. The summed E-state index contributed by atoms with van der Waals surface area (Å²) in [5.74, 6) is -0.211. The summed E-state index contributed by atoms with van der Waals surface area (Å²) in [5, 5.41) is 12.6. The van der Waals surface area contributed by atoms with Crippen LogP contribution in [0.15, 0.2) is 18.2 Å². The molecule has 0 spiro atoms. The summed E-state index contributed by atoms with van der Waals surface area (Å²) in [5.41, 5.74) is 1.25. The van der Waals surface area contributed by atoms with Gasteiger partial charge in [-0.2, -0.15) is 0 Å². The van der Waals surface area contributed by atoms with Crippen molar-refractivity contribution in [2.75, 3.05) is 13.2 Å². The minimum absolute atomic E-state index is 0.0271. The molecule has 17 heavy (non-hydrogen) atoms. The van der Waals surface area contributed by atoms with Gasteiger partial charge in [-0.1, -0.05) is 6.07 Å². The van der Waals surface area contributed by atoms with E-state index in [9.17, 15) is 9.90 Å². The van der Waals surface area contributed by atoms with Crippen molar-refractivity contribution in [3.8, 4) is 5.75 Å². The number of ether oxygens (including phenoxy) is 1. The van der Waals surface area contributed by atoms with E-state index in [2.05, 4.69) is 5.32 Å². The van der Waals surface area contributed by atoms with E-state index < -0.39 is 0 Å². The van der Waals surface area contributed by atoms with Crippen molar-refractivity contribution >= 4 is 5.91 Å². The predicted octanol–water partition coefficient (Wildman–Crippen LogP) is 1.61. The van der Waals surface area contributed by atoms with Gasteiger partial charge in [-0.3, -0.25) is 4.79 Å². The van der Waals surface area contributed by atoms with Gasteiger partial charge in [-0.15, -0.1) is 0 Å². The predicted molar refractivity (Wildman–Crippen MR) is 64.2 cm³/mol. The Morgan fingerprint density at radius 2 is 2.35 bits per heavy atom. The number of aryl methyl sites for hydroxylation is 1. The normalized spacial score (nSPS) is 19.9. The van der Waals surface area contributed by atoms with Crippen LogP contribution in [0.4, 0.5) is 0 Å². The van der Waals surface area contributed by atoms with Crippen molar-refractivity contribution in [2.45, 2.75) is 25.8 Å². The zero-order chi connectivity index (χ0) is 12.3. The number of carbonyl (C=O) groups excluding carboxylic acids is 1. The maximum Gasteiger partial charge on any atom is 0.255 e. The van der Waals surface area contributed by atoms with Gasteiger partial charge in [0.15, 0.2) is 0 Å². The molecule has 4 nitrogen and oxygen atoms in total. The smallest absolute Gasteiger partial charge is 0.255 e. The average molecular weight is 235 g/mol. The first-order valence-electron chi connectivity index (χ1n) is 5.85. The van der Waals surface area contributed by atoms with Crippen LogP contribution in [0.25, 0.3) is 0 Å². The Kier molecular flexibility index (Phi) is 3.64. The third-order valence-corrected chi connectivity index (χ3v) is 2.89. The van der Waals surface area contributed by atoms with Gasteiger partial charge in [-0.05, 0) is 37.5 Å². The number of hydrogen-bond acceptors (Lipinski definition) is 3. The average Bonchev–Trinajstić information content (AvgIpc) is 2.30. The van der Waals surface area contributed by atoms with Gasteiger partial charge < -0.3 is 15.2 Å². The van der Waals surface area contributed by atoms with Gasteiger partial charge in [0, 0.05) is 6.61 Å². The summed E-state index contributed by atoms with van der Waals surface area (Å²) >= 11 is 0. The zero-order valence-electron chi connectivity index (χ0n) is 9.90. The van der Waals surface area contributed by atoms with Crippen molar-refractivity contribution in [1.29, 1.82) is 0 Å². The molecule has 4 heteroatoms. The Morgan fingerprint density at radius 1 is 1.53 bits per heavy atom. The van der Waals surface area contributed by atoms with E-state index in [0.29, 0.717) is 12.2 Å². The summed E-state index contributed by atoms with van der Waals surface area (Å²) in [6.07, 6.45) is 1.89. The molecule has 1 aliphatic rings. The Hall–Kier alpha value is -1.55. The number of benzene rings is 1. The highest BCUT2D eigenvalue weighted by molar-refractivity contribution is 5.97. The first-order chi connectivity index (χ1) is 8.16. The summed E-state index contributed by atoms with van der Waals surface area (Å²) in [6, 6.07) is 5.10. The summed E-state index contributed by atoms with van der Waals surface area (Å²) in [6.45, 7) is 3.19. The zero-order valence-corrected chi connectivity index (χ0v) is 9.90. The van der Waals surface area contributed by atoms with E-state index in [1.807, 2.05) is 13.0 Å². The maximum atomic E-state index is 11.9. The van der Waals surface area contributed by atoms with Gasteiger partial charge in [-0.25, -0.2) is 0 Å². The summed E-state index contributed by atoms with van der Waals surface area (Å²) in [7, 11) is 0. The fourth-order valence-electron chi connectivity index (χ4n) is 1.95. The van der Waals surface area contributed by atoms with E-state index in [1.54, 1.807) is 12.1 Å². The number of phenolic OH excluding ortho intramolecular Hbond substituents is 1. The fraction of sp³-hybridized carbons (Fsp3) is 0.462. The topological polar surface area (TPSA) is 58.6 Å². The molecule has 1 aliphatic heterocycles. The van der Waals surface area contributed by atoms with Crippen LogP contribution in [0.2, 0.25) is 0 Å². The van der Waals surface area contributed by atoms with Gasteiger partial charge in [0.25, 0.3) is 5.91 Å². The van der Waals surface area contributed by atoms with Crippen LogP contribution < -0.4 is 5.32 Å². The molecule has 0 bridgehead atoms. The lowest BCUT2D eigenvalue weighted by atomic mass is 10.1. The van der Waals surface area contributed by atoms with E-state index in [1.165, 1.54) is 0 Å². The fourth-order valence-corrected chi connectivity index (χ4v) is 1.95. The highest BCUT2D eigenvalue weighted by Crippen LogP contribution is 2.18. The Bertz CT molecular complexity index is 411. The van der Waals surface area contributed by atoms with Gasteiger partial charge in [0.1, 0.15) is 5.75 Å². The quantitative estimate of drug-likeness (QED) is 0.818. The summed E-state index contributed by atoms with van der Waals surface area (Å²) < 4.78 is 5.29. The lowest BCUT2D eigenvalue weighted by Crippen LogP contribution is -2.40. The Morgan fingerprint density at radius 3 is 3.00 bits per heavy atom. The highest BCUT2D eigenvalue weighted by Gasteiger charge is 2.18. The molecule has 1 amide bonds. The number of hydrogen-bond donors (Lipinski definition) is 2. The number of nitrogens with one attached hydrogen (secondary N) is 1. The molecule has 1 aromatic rings. The number of aromatic hydroxyl groups is 1. The van der Waals surface area contributed by atoms with Gasteiger partial charge in [0.2, 0.25) is 0 Å². The van der Waals surface area contributed by atoms with E-state index >= 15 is 0 Å². The van der Waals surface area contributed by atoms with Crippen molar-refractivity contribution in [3.63, 3.8) is 0 Å². The first kappa shape index (κ1) is 11.9. The Labute approximate surface area is 101 Å². The van der Waals surface area contributed by atoms with E-state index in [0.717, 1.165) is 25.0 Å². The molecule has 2 rings (SSSR count). The van der Waals surface area contributed by atoms with Crippen LogP contribution in [-0.2, 0) is 4.74 Å². The van der Waals surface area contributed by atoms with Crippen LogP contribution in [0.5, 0.6) is 5.75 Å². The van der Waals surface area contributed by atoms with Crippen LogP contribution >= 0.6 is 0 Å². The molecule has 1 saturated heterocycles. The van der Waals surface area contributed by atoms with Crippen LogP contribution in [0, 0.1) is 6.92 Å². The third-order valence-electron chi connectivity index (χ3n) is 2.89. The van der Waals surface area contributed by atoms with E-state index in [4.69, 9.17) is 4.74 Å². The van der Waals surface area contributed by atoms with Crippen molar-refractivity contribution in [2.24, 2.45) is 0 Å². The molecule has 0 saturated carbocycles. The third kappa shape index (κ3) is 2.97. The molecule has 92 valence electrons. The summed E-state index contributed by atoms with van der Waals surface area (Å²) in [4.78, 5) is 11.9. The highest BCUT2D eigenvalue weighted by atomic mass is 16.5. The van der Waals surface area contributed by atoms with Crippen molar-refractivity contribution in [1.82, 2.24) is 5.32 Å². The number of rotatable bonds is 2. The second-order valence-electron chi connectivity index (χ2n) is 4.41. The SMILES string of the molecule is Cc1ccc(C(=O)NC2CCCOC2)c(O)c1. The van der Waals surface area contributed by atoms with Crippen molar-refractivity contribution < 1.29 is 14.6 Å². The molecule has 0 radical (unpaired) electrons. The van der Waals surface area contributed by atoms with Crippen molar-refractivity contribution in [3.05, 3.63) is 29.3 Å². The maximum absolute atomic E-state index is 11.9. The standard InChI is InChI=1S/C13H17NO3/c1-9-4-5-11(12(15)7-9)13(16)14-10-3-2-6-17-8-10/h4-5,7,10,15H,2-3,6,8H2,1H3,(H,14,16). The monoisotopic (exact) mass is 235 g/mol. The van der Waals surface area contributed by atoms with Crippen LogP contribution in [-0.4, -0.2) is 30.3 Å². The molecule has 1 heterocycles. The number of amides is 1. The molecule has 0 aliphatic carbocycles.